The summed E-state index contributed by atoms with van der Waals surface area (Å²) in [4.78, 5) is 0. The third-order valence-electron chi connectivity index (χ3n) is 4.07. The molecule has 1 N–H and O–H groups in total. The zero-order valence-corrected chi connectivity index (χ0v) is 15.7. The van der Waals surface area contributed by atoms with Crippen molar-refractivity contribution in [3.63, 3.8) is 0 Å². The minimum absolute atomic E-state index is 0.561. The average Bonchev–Trinajstić information content (AvgIpc) is 2.66. The first-order chi connectivity index (χ1) is 12.6. The summed E-state index contributed by atoms with van der Waals surface area (Å²) < 4.78 is 11.1. The zero-order valence-electron chi connectivity index (χ0n) is 15.0. The van der Waals surface area contributed by atoms with Crippen LogP contribution in [0, 0.1) is 6.92 Å². The molecular weight excluding hydrogens is 346 g/mol. The van der Waals surface area contributed by atoms with Crippen molar-refractivity contribution in [2.24, 2.45) is 0 Å². The first-order valence-corrected chi connectivity index (χ1v) is 8.86. The van der Waals surface area contributed by atoms with E-state index in [9.17, 15) is 0 Å². The number of methoxy groups -OCH3 is 1. The van der Waals surface area contributed by atoms with Crippen LogP contribution in [0.25, 0.3) is 0 Å². The Morgan fingerprint density at radius 1 is 0.923 bits per heavy atom. The van der Waals surface area contributed by atoms with E-state index < -0.39 is 0 Å². The fraction of sp³-hybridized carbons (Fsp3) is 0.182. The fourth-order valence-corrected chi connectivity index (χ4v) is 2.83. The molecule has 0 spiro atoms. The number of hydrogen-bond acceptors (Lipinski definition) is 3. The molecule has 0 radical (unpaired) electrons. The molecule has 3 aromatic carbocycles. The van der Waals surface area contributed by atoms with Gasteiger partial charge in [0.15, 0.2) is 0 Å². The molecular formula is C22H22ClNO2. The van der Waals surface area contributed by atoms with E-state index in [1.165, 1.54) is 5.56 Å². The van der Waals surface area contributed by atoms with E-state index in [2.05, 4.69) is 42.6 Å². The third-order valence-corrected chi connectivity index (χ3v) is 4.37. The van der Waals surface area contributed by atoms with Gasteiger partial charge >= 0.3 is 0 Å². The smallest absolute Gasteiger partial charge is 0.137 e. The van der Waals surface area contributed by atoms with E-state index in [0.29, 0.717) is 23.9 Å². The van der Waals surface area contributed by atoms with Crippen molar-refractivity contribution in [3.05, 3.63) is 88.4 Å². The van der Waals surface area contributed by atoms with Crippen LogP contribution >= 0.6 is 11.6 Å². The molecule has 134 valence electrons. The van der Waals surface area contributed by atoms with Gasteiger partial charge < -0.3 is 14.8 Å². The van der Waals surface area contributed by atoms with Crippen LogP contribution in [0.3, 0.4) is 0 Å². The standard InChI is InChI=1S/C22H22ClNO2/c1-16-6-8-17(9-7-16)15-26-20-5-3-4-18(12-20)14-24-19-10-11-22(25-2)21(23)13-19/h3-13,24H,14-15H2,1-2H3. The minimum Gasteiger partial charge on any atom is -0.495 e. The van der Waals surface area contributed by atoms with Gasteiger partial charge in [-0.05, 0) is 48.4 Å². The van der Waals surface area contributed by atoms with Crippen molar-refractivity contribution in [2.45, 2.75) is 20.1 Å². The molecule has 3 aromatic rings. The van der Waals surface area contributed by atoms with Gasteiger partial charge in [0.05, 0.1) is 12.1 Å². The monoisotopic (exact) mass is 367 g/mol. The lowest BCUT2D eigenvalue weighted by atomic mass is 10.1. The van der Waals surface area contributed by atoms with Crippen molar-refractivity contribution >= 4 is 17.3 Å². The molecule has 0 amide bonds. The summed E-state index contributed by atoms with van der Waals surface area (Å²) >= 11 is 6.16. The Morgan fingerprint density at radius 2 is 1.73 bits per heavy atom. The summed E-state index contributed by atoms with van der Waals surface area (Å²) in [5, 5.41) is 3.96. The van der Waals surface area contributed by atoms with Crippen LogP contribution in [-0.4, -0.2) is 7.11 Å². The molecule has 0 aliphatic carbocycles. The molecule has 3 rings (SSSR count). The topological polar surface area (TPSA) is 30.5 Å². The van der Waals surface area contributed by atoms with E-state index in [-0.39, 0.29) is 0 Å². The lowest BCUT2D eigenvalue weighted by Gasteiger charge is -2.11. The summed E-state index contributed by atoms with van der Waals surface area (Å²) in [5.41, 5.74) is 4.49. The van der Waals surface area contributed by atoms with Crippen molar-refractivity contribution < 1.29 is 9.47 Å². The van der Waals surface area contributed by atoms with Crippen LogP contribution in [-0.2, 0) is 13.2 Å². The molecule has 0 aromatic heterocycles. The van der Waals surface area contributed by atoms with Crippen LogP contribution in [0.5, 0.6) is 11.5 Å². The first-order valence-electron chi connectivity index (χ1n) is 8.49. The highest BCUT2D eigenvalue weighted by atomic mass is 35.5. The fourth-order valence-electron chi connectivity index (χ4n) is 2.58. The highest BCUT2D eigenvalue weighted by Gasteiger charge is 2.03. The molecule has 0 aliphatic heterocycles. The van der Waals surface area contributed by atoms with E-state index >= 15 is 0 Å². The molecule has 0 saturated carbocycles. The van der Waals surface area contributed by atoms with Gasteiger partial charge in [-0.25, -0.2) is 0 Å². The number of nitrogens with one attached hydrogen (secondary N) is 1. The number of anilines is 1. The number of ether oxygens (including phenoxy) is 2. The molecule has 0 heterocycles. The van der Waals surface area contributed by atoms with Crippen molar-refractivity contribution in [1.82, 2.24) is 0 Å². The van der Waals surface area contributed by atoms with Crippen LogP contribution in [0.2, 0.25) is 5.02 Å². The Kier molecular flexibility index (Phi) is 6.03. The Hall–Kier alpha value is -2.65. The predicted molar refractivity (Wildman–Crippen MR) is 107 cm³/mol. The highest BCUT2D eigenvalue weighted by Crippen LogP contribution is 2.27. The van der Waals surface area contributed by atoms with E-state index in [0.717, 1.165) is 22.6 Å². The Bertz CT molecular complexity index is 862. The van der Waals surface area contributed by atoms with E-state index in [1.807, 2.05) is 36.4 Å². The maximum absolute atomic E-state index is 6.16. The molecule has 0 aliphatic rings. The lowest BCUT2D eigenvalue weighted by molar-refractivity contribution is 0.306. The molecule has 3 nitrogen and oxygen atoms in total. The summed E-state index contributed by atoms with van der Waals surface area (Å²) in [5.74, 6) is 1.53. The zero-order chi connectivity index (χ0) is 18.4. The molecule has 0 fully saturated rings. The quantitative estimate of drug-likeness (QED) is 0.568. The summed E-state index contributed by atoms with van der Waals surface area (Å²) in [6.07, 6.45) is 0. The normalized spacial score (nSPS) is 10.4. The van der Waals surface area contributed by atoms with Crippen LogP contribution in [0.4, 0.5) is 5.69 Å². The highest BCUT2D eigenvalue weighted by molar-refractivity contribution is 6.32. The second-order valence-electron chi connectivity index (χ2n) is 6.12. The number of halogens is 1. The SMILES string of the molecule is COc1ccc(NCc2cccc(OCc3ccc(C)cc3)c2)cc1Cl. The number of benzene rings is 3. The molecule has 0 saturated heterocycles. The van der Waals surface area contributed by atoms with Gasteiger partial charge in [-0.3, -0.25) is 0 Å². The maximum atomic E-state index is 6.16. The van der Waals surface area contributed by atoms with Gasteiger partial charge in [0, 0.05) is 12.2 Å². The van der Waals surface area contributed by atoms with E-state index in [1.54, 1.807) is 7.11 Å². The van der Waals surface area contributed by atoms with Crippen molar-refractivity contribution in [3.8, 4) is 11.5 Å². The van der Waals surface area contributed by atoms with Gasteiger partial charge in [0.25, 0.3) is 0 Å². The Morgan fingerprint density at radius 3 is 2.46 bits per heavy atom. The number of aryl methyl sites for hydroxylation is 1. The van der Waals surface area contributed by atoms with Gasteiger partial charge in [-0.2, -0.15) is 0 Å². The Balaban J connectivity index is 1.58. The van der Waals surface area contributed by atoms with Gasteiger partial charge in [0.1, 0.15) is 18.1 Å². The summed E-state index contributed by atoms with van der Waals surface area (Å²) in [6.45, 7) is 3.33. The largest absolute Gasteiger partial charge is 0.495 e. The second kappa shape index (κ2) is 8.63. The summed E-state index contributed by atoms with van der Waals surface area (Å²) in [7, 11) is 1.61. The number of hydrogen-bond donors (Lipinski definition) is 1. The minimum atomic E-state index is 0.561. The molecule has 26 heavy (non-hydrogen) atoms. The lowest BCUT2D eigenvalue weighted by Crippen LogP contribution is -2.01. The number of rotatable bonds is 7. The molecule has 0 bridgehead atoms. The Labute approximate surface area is 159 Å². The average molecular weight is 368 g/mol. The van der Waals surface area contributed by atoms with Gasteiger partial charge in [-0.1, -0.05) is 53.6 Å². The third kappa shape index (κ3) is 4.93. The van der Waals surface area contributed by atoms with E-state index in [4.69, 9.17) is 21.1 Å². The molecule has 0 unspecified atom stereocenters. The molecule has 4 heteroatoms. The predicted octanol–water partition coefficient (Wildman–Crippen LogP) is 5.85. The second-order valence-corrected chi connectivity index (χ2v) is 6.53. The van der Waals surface area contributed by atoms with Crippen LogP contribution in [0.1, 0.15) is 16.7 Å². The van der Waals surface area contributed by atoms with Gasteiger partial charge in [-0.15, -0.1) is 0 Å². The van der Waals surface area contributed by atoms with Gasteiger partial charge in [0.2, 0.25) is 0 Å². The van der Waals surface area contributed by atoms with Crippen molar-refractivity contribution in [2.75, 3.05) is 12.4 Å². The maximum Gasteiger partial charge on any atom is 0.137 e. The first kappa shape index (κ1) is 18.2. The molecule has 0 atom stereocenters. The van der Waals surface area contributed by atoms with Crippen LogP contribution < -0.4 is 14.8 Å². The van der Waals surface area contributed by atoms with Crippen molar-refractivity contribution in [1.29, 1.82) is 0 Å². The summed E-state index contributed by atoms with van der Waals surface area (Å²) in [6, 6.07) is 22.1. The van der Waals surface area contributed by atoms with Crippen LogP contribution in [0.15, 0.2) is 66.7 Å².